The van der Waals surface area contributed by atoms with Gasteiger partial charge in [0.15, 0.2) is 0 Å². The van der Waals surface area contributed by atoms with E-state index < -0.39 is 0 Å². The van der Waals surface area contributed by atoms with Crippen molar-refractivity contribution in [2.75, 3.05) is 5.88 Å². The van der Waals surface area contributed by atoms with Crippen molar-refractivity contribution in [3.63, 3.8) is 0 Å². The van der Waals surface area contributed by atoms with Gasteiger partial charge in [0.25, 0.3) is 0 Å². The first kappa shape index (κ1) is 12.2. The van der Waals surface area contributed by atoms with Gasteiger partial charge in [0.1, 0.15) is 0 Å². The topological polar surface area (TPSA) is 29.1 Å². The zero-order chi connectivity index (χ0) is 11.6. The minimum absolute atomic E-state index is 0.106. The number of amides is 1. The Labute approximate surface area is 103 Å². The van der Waals surface area contributed by atoms with Gasteiger partial charge in [-0.15, -0.1) is 11.6 Å². The first-order chi connectivity index (χ1) is 7.63. The third-order valence-corrected chi connectivity index (χ3v) is 4.43. The molecule has 0 spiro atoms. The van der Waals surface area contributed by atoms with Gasteiger partial charge in [0, 0.05) is 12.3 Å². The molecular weight excluding hydrogens is 222 g/mol. The Morgan fingerprint density at radius 3 is 2.75 bits per heavy atom. The lowest BCUT2D eigenvalue weighted by atomic mass is 9.77. The molecule has 2 atom stereocenters. The van der Waals surface area contributed by atoms with E-state index in [1.807, 2.05) is 0 Å². The Morgan fingerprint density at radius 1 is 1.44 bits per heavy atom. The van der Waals surface area contributed by atoms with Crippen LogP contribution in [-0.2, 0) is 4.79 Å². The first-order valence-corrected chi connectivity index (χ1v) is 7.04. The number of hydrogen-bond donors (Lipinski definition) is 1. The highest BCUT2D eigenvalue weighted by Crippen LogP contribution is 2.35. The lowest BCUT2D eigenvalue weighted by Gasteiger charge is -2.39. The number of halogens is 1. The molecular formula is C13H22ClNO. The van der Waals surface area contributed by atoms with Crippen molar-refractivity contribution >= 4 is 17.5 Å². The molecule has 1 N–H and O–H groups in total. The number of rotatable bonds is 4. The molecule has 0 saturated heterocycles. The summed E-state index contributed by atoms with van der Waals surface area (Å²) in [6.45, 7) is 2.26. The largest absolute Gasteiger partial charge is 0.349 e. The molecule has 0 heterocycles. The highest BCUT2D eigenvalue weighted by Gasteiger charge is 2.36. The van der Waals surface area contributed by atoms with Crippen LogP contribution in [0.1, 0.15) is 51.9 Å². The van der Waals surface area contributed by atoms with Crippen molar-refractivity contribution in [1.82, 2.24) is 5.32 Å². The van der Waals surface area contributed by atoms with Crippen molar-refractivity contribution < 1.29 is 4.79 Å². The molecule has 2 fully saturated rings. The molecule has 2 nitrogen and oxygen atoms in total. The average Bonchev–Trinajstić information content (AvgIpc) is 3.01. The van der Waals surface area contributed by atoms with Gasteiger partial charge in [-0.25, -0.2) is 0 Å². The monoisotopic (exact) mass is 243 g/mol. The van der Waals surface area contributed by atoms with Gasteiger partial charge in [-0.2, -0.15) is 0 Å². The van der Waals surface area contributed by atoms with E-state index in [0.717, 1.165) is 12.8 Å². The summed E-state index contributed by atoms with van der Waals surface area (Å²) in [5, 5.41) is 3.21. The van der Waals surface area contributed by atoms with Crippen molar-refractivity contribution in [1.29, 1.82) is 0 Å². The number of alkyl halides is 1. The van der Waals surface area contributed by atoms with E-state index in [-0.39, 0.29) is 11.4 Å². The standard InChI is InChI=1S/C13H22ClNO/c1-10-3-2-6-13(8-10,9-14)15-12(16)7-11-4-5-11/h10-11H,2-9H2,1H3,(H,15,16). The zero-order valence-electron chi connectivity index (χ0n) is 10.1. The molecule has 2 aliphatic carbocycles. The maximum atomic E-state index is 11.9. The lowest BCUT2D eigenvalue weighted by Crippen LogP contribution is -2.52. The third kappa shape index (κ3) is 3.13. The molecule has 1 amide bonds. The summed E-state index contributed by atoms with van der Waals surface area (Å²) >= 11 is 6.08. The van der Waals surface area contributed by atoms with Crippen LogP contribution in [0.2, 0.25) is 0 Å². The van der Waals surface area contributed by atoms with Crippen LogP contribution in [0, 0.1) is 11.8 Å². The molecule has 2 rings (SSSR count). The second kappa shape index (κ2) is 4.95. The molecule has 0 aromatic heterocycles. The van der Waals surface area contributed by atoms with Gasteiger partial charge in [-0.1, -0.05) is 19.8 Å². The third-order valence-electron chi connectivity index (χ3n) is 3.92. The van der Waals surface area contributed by atoms with Crippen LogP contribution < -0.4 is 5.32 Å². The summed E-state index contributed by atoms with van der Waals surface area (Å²) in [6.07, 6.45) is 7.75. The number of nitrogens with one attached hydrogen (secondary N) is 1. The van der Waals surface area contributed by atoms with E-state index in [9.17, 15) is 4.79 Å². The Bertz CT molecular complexity index is 265. The predicted molar refractivity (Wildman–Crippen MR) is 66.6 cm³/mol. The van der Waals surface area contributed by atoms with E-state index in [4.69, 9.17) is 11.6 Å². The second-order valence-electron chi connectivity index (χ2n) is 5.81. The molecule has 0 aliphatic heterocycles. The Balaban J connectivity index is 1.88. The van der Waals surface area contributed by atoms with Gasteiger partial charge in [-0.05, 0) is 37.5 Å². The molecule has 2 unspecified atom stereocenters. The minimum atomic E-state index is -0.106. The highest BCUT2D eigenvalue weighted by atomic mass is 35.5. The summed E-state index contributed by atoms with van der Waals surface area (Å²) in [7, 11) is 0. The molecule has 0 aromatic carbocycles. The van der Waals surface area contributed by atoms with E-state index >= 15 is 0 Å². The Kier molecular flexibility index (Phi) is 3.78. The highest BCUT2D eigenvalue weighted by molar-refractivity contribution is 6.18. The summed E-state index contributed by atoms with van der Waals surface area (Å²) in [4.78, 5) is 11.9. The predicted octanol–water partition coefficient (Wildman–Crippen LogP) is 3.09. The summed E-state index contributed by atoms with van der Waals surface area (Å²) < 4.78 is 0. The van der Waals surface area contributed by atoms with Crippen LogP contribution in [0.25, 0.3) is 0 Å². The van der Waals surface area contributed by atoms with Crippen LogP contribution in [0.4, 0.5) is 0 Å². The smallest absolute Gasteiger partial charge is 0.220 e. The van der Waals surface area contributed by atoms with Gasteiger partial charge < -0.3 is 5.32 Å². The average molecular weight is 244 g/mol. The van der Waals surface area contributed by atoms with Crippen molar-refractivity contribution in [3.05, 3.63) is 0 Å². The summed E-state index contributed by atoms with van der Waals surface area (Å²) in [6, 6.07) is 0. The summed E-state index contributed by atoms with van der Waals surface area (Å²) in [5.41, 5.74) is -0.106. The fourth-order valence-corrected chi connectivity index (χ4v) is 3.17. The fraction of sp³-hybridized carbons (Fsp3) is 0.923. The van der Waals surface area contributed by atoms with Gasteiger partial charge >= 0.3 is 0 Å². The molecule has 3 heteroatoms. The Morgan fingerprint density at radius 2 is 2.19 bits per heavy atom. The maximum Gasteiger partial charge on any atom is 0.220 e. The van der Waals surface area contributed by atoms with Crippen LogP contribution in [-0.4, -0.2) is 17.3 Å². The van der Waals surface area contributed by atoms with Crippen LogP contribution in [0.5, 0.6) is 0 Å². The normalized spacial score (nSPS) is 34.8. The molecule has 0 bridgehead atoms. The molecule has 0 radical (unpaired) electrons. The molecule has 0 aromatic rings. The van der Waals surface area contributed by atoms with E-state index in [1.165, 1.54) is 25.7 Å². The Hall–Kier alpha value is -0.240. The quantitative estimate of drug-likeness (QED) is 0.756. The zero-order valence-corrected chi connectivity index (χ0v) is 10.9. The summed E-state index contributed by atoms with van der Waals surface area (Å²) in [5.74, 6) is 2.13. The van der Waals surface area contributed by atoms with Gasteiger partial charge in [0.2, 0.25) is 5.91 Å². The number of hydrogen-bond acceptors (Lipinski definition) is 1. The van der Waals surface area contributed by atoms with Crippen LogP contribution in [0.15, 0.2) is 0 Å². The van der Waals surface area contributed by atoms with E-state index in [0.29, 0.717) is 24.1 Å². The molecule has 2 saturated carbocycles. The SMILES string of the molecule is CC1CCCC(CCl)(NC(=O)CC2CC2)C1. The minimum Gasteiger partial charge on any atom is -0.349 e. The van der Waals surface area contributed by atoms with Crippen molar-refractivity contribution in [2.45, 2.75) is 57.4 Å². The number of carbonyl (C=O) groups excluding carboxylic acids is 1. The fourth-order valence-electron chi connectivity index (χ4n) is 2.86. The molecule has 2 aliphatic rings. The van der Waals surface area contributed by atoms with Crippen LogP contribution >= 0.6 is 11.6 Å². The maximum absolute atomic E-state index is 11.9. The van der Waals surface area contributed by atoms with Gasteiger partial charge in [0.05, 0.1) is 5.54 Å². The van der Waals surface area contributed by atoms with Crippen molar-refractivity contribution in [3.8, 4) is 0 Å². The van der Waals surface area contributed by atoms with E-state index in [2.05, 4.69) is 12.2 Å². The van der Waals surface area contributed by atoms with Gasteiger partial charge in [-0.3, -0.25) is 4.79 Å². The number of carbonyl (C=O) groups is 1. The van der Waals surface area contributed by atoms with Crippen LogP contribution in [0.3, 0.4) is 0 Å². The molecule has 92 valence electrons. The lowest BCUT2D eigenvalue weighted by molar-refractivity contribution is -0.123. The van der Waals surface area contributed by atoms with E-state index in [1.54, 1.807) is 0 Å². The van der Waals surface area contributed by atoms with Crippen molar-refractivity contribution in [2.24, 2.45) is 11.8 Å². The molecule has 16 heavy (non-hydrogen) atoms. The second-order valence-corrected chi connectivity index (χ2v) is 6.08. The first-order valence-electron chi connectivity index (χ1n) is 6.50.